The minimum Gasteiger partial charge on any atom is -0.370 e. The molecular formula is C22H38O3. The Morgan fingerprint density at radius 1 is 0.920 bits per heavy atom. The molecule has 0 bridgehead atoms. The molecule has 0 spiro atoms. The van der Waals surface area contributed by atoms with Gasteiger partial charge >= 0.3 is 0 Å². The Kier molecular flexibility index (Phi) is 5.46. The van der Waals surface area contributed by atoms with Crippen molar-refractivity contribution in [2.45, 2.75) is 89.9 Å². The van der Waals surface area contributed by atoms with Gasteiger partial charge in [-0.15, -0.1) is 0 Å². The highest BCUT2D eigenvalue weighted by Crippen LogP contribution is 2.56. The van der Waals surface area contributed by atoms with Crippen molar-refractivity contribution in [1.29, 1.82) is 0 Å². The van der Waals surface area contributed by atoms with E-state index >= 15 is 0 Å². The maximum absolute atomic E-state index is 10.3. The molecule has 25 heavy (non-hydrogen) atoms. The van der Waals surface area contributed by atoms with Gasteiger partial charge in [-0.3, -0.25) is 0 Å². The Morgan fingerprint density at radius 2 is 1.48 bits per heavy atom. The van der Waals surface area contributed by atoms with Crippen molar-refractivity contribution in [3.05, 3.63) is 0 Å². The fourth-order valence-corrected chi connectivity index (χ4v) is 6.98. The lowest BCUT2D eigenvalue weighted by atomic mass is 9.51. The summed E-state index contributed by atoms with van der Waals surface area (Å²) in [6.07, 6.45) is 12.5. The van der Waals surface area contributed by atoms with Gasteiger partial charge in [-0.2, -0.15) is 0 Å². The van der Waals surface area contributed by atoms with Crippen LogP contribution < -0.4 is 0 Å². The van der Waals surface area contributed by atoms with Crippen molar-refractivity contribution in [3.63, 3.8) is 0 Å². The molecule has 1 saturated heterocycles. The average molecular weight is 351 g/mol. The molecule has 0 amide bonds. The van der Waals surface area contributed by atoms with Gasteiger partial charge in [0.15, 0.2) is 6.29 Å². The van der Waals surface area contributed by atoms with E-state index in [0.29, 0.717) is 12.5 Å². The lowest BCUT2D eigenvalue weighted by Crippen LogP contribution is -2.52. The van der Waals surface area contributed by atoms with Crippen LogP contribution in [0.4, 0.5) is 0 Å². The zero-order chi connectivity index (χ0) is 17.4. The predicted octanol–water partition coefficient (Wildman–Crippen LogP) is 4.77. The third-order valence-corrected chi connectivity index (χ3v) is 8.42. The van der Waals surface area contributed by atoms with E-state index in [-0.39, 0.29) is 0 Å². The third kappa shape index (κ3) is 3.41. The minimum atomic E-state index is -0.756. The molecule has 0 aromatic rings. The number of hydrogen-bond donors (Lipinski definition) is 1. The van der Waals surface area contributed by atoms with Crippen molar-refractivity contribution >= 4 is 0 Å². The van der Waals surface area contributed by atoms with Crippen LogP contribution in [0.2, 0.25) is 0 Å². The van der Waals surface area contributed by atoms with Crippen molar-refractivity contribution in [3.8, 4) is 0 Å². The first-order valence-corrected chi connectivity index (χ1v) is 11.0. The lowest BCUT2D eigenvalue weighted by Gasteiger charge is -2.55. The van der Waals surface area contributed by atoms with Gasteiger partial charge in [-0.1, -0.05) is 32.6 Å². The first kappa shape index (κ1) is 18.3. The lowest BCUT2D eigenvalue weighted by molar-refractivity contribution is -0.259. The molecule has 3 heteroatoms. The minimum absolute atomic E-state index is 0.504. The maximum atomic E-state index is 10.3. The van der Waals surface area contributed by atoms with E-state index in [2.05, 4.69) is 13.8 Å². The van der Waals surface area contributed by atoms with E-state index in [1.165, 1.54) is 51.4 Å². The number of ether oxygens (including phenoxy) is 2. The smallest absolute Gasteiger partial charge is 0.183 e. The maximum Gasteiger partial charge on any atom is 0.183 e. The molecule has 4 fully saturated rings. The van der Waals surface area contributed by atoms with Crippen LogP contribution >= 0.6 is 0 Å². The fraction of sp³-hybridized carbons (Fsp3) is 1.00. The zero-order valence-electron chi connectivity index (χ0n) is 16.3. The van der Waals surface area contributed by atoms with Crippen LogP contribution in [0.3, 0.4) is 0 Å². The summed E-state index contributed by atoms with van der Waals surface area (Å²) < 4.78 is 12.0. The topological polar surface area (TPSA) is 38.7 Å². The van der Waals surface area contributed by atoms with E-state index in [0.717, 1.165) is 49.0 Å². The largest absolute Gasteiger partial charge is 0.370 e. The van der Waals surface area contributed by atoms with Crippen LogP contribution in [0, 0.1) is 35.5 Å². The molecule has 3 aliphatic carbocycles. The van der Waals surface area contributed by atoms with Crippen LogP contribution in [0.1, 0.15) is 78.1 Å². The molecule has 0 radical (unpaired) electrons. The van der Waals surface area contributed by atoms with Crippen molar-refractivity contribution in [1.82, 2.24) is 0 Å². The normalized spacial score (nSPS) is 50.8. The Balaban J connectivity index is 1.50. The molecule has 6 unspecified atom stereocenters. The molecule has 3 saturated carbocycles. The second-order valence-corrected chi connectivity index (χ2v) is 9.70. The van der Waals surface area contributed by atoms with E-state index in [1.807, 2.05) is 0 Å². The summed E-state index contributed by atoms with van der Waals surface area (Å²) >= 11 is 0. The summed E-state index contributed by atoms with van der Waals surface area (Å²) in [4.78, 5) is 0. The number of rotatable bonds is 3. The monoisotopic (exact) mass is 350 g/mol. The third-order valence-electron chi connectivity index (χ3n) is 8.42. The second kappa shape index (κ2) is 7.48. The molecular weight excluding hydrogens is 312 g/mol. The Hall–Kier alpha value is -0.120. The van der Waals surface area contributed by atoms with Crippen molar-refractivity contribution < 1.29 is 14.6 Å². The van der Waals surface area contributed by atoms with Gasteiger partial charge in [0, 0.05) is 6.61 Å². The summed E-state index contributed by atoms with van der Waals surface area (Å²) in [6.45, 7) is 6.12. The van der Waals surface area contributed by atoms with Gasteiger partial charge in [0.25, 0.3) is 0 Å². The van der Waals surface area contributed by atoms with E-state index in [9.17, 15) is 5.11 Å². The highest BCUT2D eigenvalue weighted by molar-refractivity contribution is 4.98. The predicted molar refractivity (Wildman–Crippen MR) is 99.1 cm³/mol. The van der Waals surface area contributed by atoms with Crippen LogP contribution in [0.5, 0.6) is 0 Å². The van der Waals surface area contributed by atoms with Gasteiger partial charge in [0.1, 0.15) is 5.60 Å². The highest BCUT2D eigenvalue weighted by atomic mass is 16.6. The molecule has 1 aliphatic heterocycles. The summed E-state index contributed by atoms with van der Waals surface area (Å²) in [7, 11) is 0. The van der Waals surface area contributed by atoms with Gasteiger partial charge < -0.3 is 14.6 Å². The molecule has 4 aliphatic rings. The van der Waals surface area contributed by atoms with Crippen molar-refractivity contribution in [2.75, 3.05) is 13.2 Å². The Morgan fingerprint density at radius 3 is 2.04 bits per heavy atom. The fourth-order valence-electron chi connectivity index (χ4n) is 6.98. The SMILES string of the molecule is CC1C2CCCCC2C(COC2(C)CCCOC2O)C2CCCCC12. The van der Waals surface area contributed by atoms with Gasteiger partial charge in [-0.05, 0) is 81.0 Å². The van der Waals surface area contributed by atoms with Crippen LogP contribution in [0.25, 0.3) is 0 Å². The molecule has 6 atom stereocenters. The quantitative estimate of drug-likeness (QED) is 0.797. The Labute approximate surface area is 153 Å². The van der Waals surface area contributed by atoms with E-state index in [4.69, 9.17) is 9.47 Å². The summed E-state index contributed by atoms with van der Waals surface area (Å²) in [5, 5.41) is 10.3. The van der Waals surface area contributed by atoms with Crippen molar-refractivity contribution in [2.24, 2.45) is 35.5 Å². The molecule has 0 aromatic carbocycles. The van der Waals surface area contributed by atoms with E-state index in [1.54, 1.807) is 0 Å². The molecule has 4 rings (SSSR count). The van der Waals surface area contributed by atoms with E-state index < -0.39 is 11.9 Å². The van der Waals surface area contributed by atoms with Gasteiger partial charge in [0.05, 0.1) is 6.61 Å². The molecule has 3 nitrogen and oxygen atoms in total. The first-order chi connectivity index (χ1) is 12.1. The standard InChI is InChI=1S/C22H38O3/c1-15-16-8-3-5-10-18(16)20(19-11-6-4-9-17(15)19)14-25-22(2)12-7-13-24-21(22)23/h15-21,23H,3-14H2,1-2H3. The van der Waals surface area contributed by atoms with Crippen LogP contribution in [-0.2, 0) is 9.47 Å². The average Bonchev–Trinajstić information content (AvgIpc) is 2.64. The second-order valence-electron chi connectivity index (χ2n) is 9.70. The zero-order valence-corrected chi connectivity index (χ0v) is 16.3. The summed E-state index contributed by atoms with van der Waals surface area (Å²) in [6, 6.07) is 0. The van der Waals surface area contributed by atoms with Crippen LogP contribution in [-0.4, -0.2) is 30.2 Å². The molecule has 144 valence electrons. The summed E-state index contributed by atoms with van der Waals surface area (Å²) in [5.74, 6) is 5.16. The highest BCUT2D eigenvalue weighted by Gasteiger charge is 2.50. The number of hydrogen-bond acceptors (Lipinski definition) is 3. The number of fused-ring (bicyclic) bond motifs is 2. The number of aliphatic hydroxyl groups excluding tert-OH is 1. The van der Waals surface area contributed by atoms with Crippen LogP contribution in [0.15, 0.2) is 0 Å². The molecule has 0 aromatic heterocycles. The summed E-state index contributed by atoms with van der Waals surface area (Å²) in [5.41, 5.74) is -0.504. The molecule has 1 heterocycles. The first-order valence-electron chi connectivity index (χ1n) is 11.0. The van der Waals surface area contributed by atoms with Gasteiger partial charge in [0.2, 0.25) is 0 Å². The Bertz CT molecular complexity index is 429. The molecule has 1 N–H and O–H groups in total. The number of aliphatic hydroxyl groups is 1. The van der Waals surface area contributed by atoms with Gasteiger partial charge in [-0.25, -0.2) is 0 Å².